The minimum absolute atomic E-state index is 0.196. The van der Waals surface area contributed by atoms with Gasteiger partial charge in [0.1, 0.15) is 18.1 Å². The number of nitrogens with zero attached hydrogens (tertiary/aromatic N) is 2. The monoisotopic (exact) mass is 223 g/mol. The molecule has 1 aromatic rings. The number of aliphatic carboxylic acids is 1. The Morgan fingerprint density at radius 3 is 2.88 bits per heavy atom. The van der Waals surface area contributed by atoms with Gasteiger partial charge in [0.05, 0.1) is 18.9 Å². The van der Waals surface area contributed by atoms with Crippen LogP contribution < -0.4 is 5.73 Å². The molecule has 0 unspecified atom stereocenters. The first-order valence-corrected chi connectivity index (χ1v) is 5.10. The summed E-state index contributed by atoms with van der Waals surface area (Å²) in [6, 6.07) is 0. The Morgan fingerprint density at radius 2 is 2.12 bits per heavy atom. The molecule has 1 aliphatic rings. The molecule has 1 aromatic heterocycles. The van der Waals surface area contributed by atoms with Gasteiger partial charge in [-0.3, -0.25) is 4.79 Å². The van der Waals surface area contributed by atoms with Crippen LogP contribution in [0.15, 0.2) is 0 Å². The van der Waals surface area contributed by atoms with E-state index in [9.17, 15) is 4.79 Å². The van der Waals surface area contributed by atoms with Crippen molar-refractivity contribution in [2.45, 2.75) is 19.3 Å². The Hall–Kier alpha value is -1.69. The number of aromatic nitrogens is 2. The third-order valence-electron chi connectivity index (χ3n) is 2.46. The molecule has 16 heavy (non-hydrogen) atoms. The number of nitrogens with two attached hydrogens (primary N) is 1. The number of rotatable bonds is 2. The number of nitrogen functional groups attached to an aromatic ring is 1. The highest BCUT2D eigenvalue weighted by Crippen LogP contribution is 2.18. The molecule has 0 atom stereocenters. The third-order valence-corrected chi connectivity index (χ3v) is 2.46. The van der Waals surface area contributed by atoms with Crippen LogP contribution in [0.1, 0.15) is 17.1 Å². The zero-order valence-corrected chi connectivity index (χ0v) is 8.77. The SMILES string of the molecule is Nc1nc(CC(=O)O)nc2c1CCOCC2. The van der Waals surface area contributed by atoms with Crippen LogP contribution in [0, 0.1) is 0 Å². The van der Waals surface area contributed by atoms with Gasteiger partial charge in [-0.05, 0) is 0 Å². The zero-order valence-electron chi connectivity index (χ0n) is 8.77. The number of carboxylic acids is 1. The van der Waals surface area contributed by atoms with Crippen molar-refractivity contribution in [3.05, 3.63) is 17.1 Å². The average molecular weight is 223 g/mol. The summed E-state index contributed by atoms with van der Waals surface area (Å²) >= 11 is 0. The fourth-order valence-electron chi connectivity index (χ4n) is 1.74. The van der Waals surface area contributed by atoms with Gasteiger partial charge in [-0.1, -0.05) is 0 Å². The number of hydrogen-bond acceptors (Lipinski definition) is 5. The van der Waals surface area contributed by atoms with E-state index >= 15 is 0 Å². The summed E-state index contributed by atoms with van der Waals surface area (Å²) in [6.45, 7) is 1.20. The van der Waals surface area contributed by atoms with E-state index < -0.39 is 5.97 Å². The summed E-state index contributed by atoms with van der Waals surface area (Å²) in [5.41, 5.74) is 7.50. The molecule has 1 aliphatic heterocycles. The number of ether oxygens (including phenoxy) is 1. The zero-order chi connectivity index (χ0) is 11.5. The molecule has 3 N–H and O–H groups in total. The van der Waals surface area contributed by atoms with Gasteiger partial charge in [0.15, 0.2) is 0 Å². The largest absolute Gasteiger partial charge is 0.481 e. The topological polar surface area (TPSA) is 98.3 Å². The van der Waals surface area contributed by atoms with Crippen LogP contribution in [0.5, 0.6) is 0 Å². The van der Waals surface area contributed by atoms with Crippen molar-refractivity contribution in [2.24, 2.45) is 0 Å². The molecular weight excluding hydrogens is 210 g/mol. The molecule has 0 spiro atoms. The molecule has 6 heteroatoms. The summed E-state index contributed by atoms with van der Waals surface area (Å²) < 4.78 is 5.31. The second-order valence-electron chi connectivity index (χ2n) is 3.63. The van der Waals surface area contributed by atoms with E-state index in [0.717, 1.165) is 11.3 Å². The van der Waals surface area contributed by atoms with Crippen LogP contribution in [-0.2, 0) is 28.8 Å². The number of hydrogen-bond donors (Lipinski definition) is 2. The van der Waals surface area contributed by atoms with Crippen molar-refractivity contribution in [1.29, 1.82) is 0 Å². The lowest BCUT2D eigenvalue weighted by Crippen LogP contribution is -2.12. The maximum absolute atomic E-state index is 10.6. The van der Waals surface area contributed by atoms with Crippen LogP contribution >= 0.6 is 0 Å². The predicted octanol–water partition coefficient (Wildman–Crippen LogP) is -0.199. The van der Waals surface area contributed by atoms with E-state index in [2.05, 4.69) is 9.97 Å². The number of anilines is 1. The Labute approximate surface area is 92.5 Å². The van der Waals surface area contributed by atoms with Gasteiger partial charge in [-0.15, -0.1) is 0 Å². The quantitative estimate of drug-likeness (QED) is 0.720. The summed E-state index contributed by atoms with van der Waals surface area (Å²) in [6.07, 6.45) is 1.15. The van der Waals surface area contributed by atoms with Gasteiger partial charge < -0.3 is 15.6 Å². The molecule has 86 valence electrons. The minimum Gasteiger partial charge on any atom is -0.481 e. The van der Waals surface area contributed by atoms with Gasteiger partial charge in [-0.25, -0.2) is 9.97 Å². The molecule has 0 aromatic carbocycles. The molecule has 0 amide bonds. The lowest BCUT2D eigenvalue weighted by atomic mass is 10.1. The van der Waals surface area contributed by atoms with Crippen molar-refractivity contribution < 1.29 is 14.6 Å². The highest BCUT2D eigenvalue weighted by molar-refractivity contribution is 5.69. The second kappa shape index (κ2) is 4.44. The van der Waals surface area contributed by atoms with E-state index in [1.807, 2.05) is 0 Å². The Balaban J connectivity index is 2.35. The minimum atomic E-state index is -0.954. The van der Waals surface area contributed by atoms with E-state index in [0.29, 0.717) is 31.9 Å². The number of carbonyl (C=O) groups is 1. The standard InChI is InChI=1S/C10H13N3O3/c11-10-6-1-3-16-4-2-7(6)12-8(13-10)5-9(14)15/h1-5H2,(H,14,15)(H2,11,12,13). The van der Waals surface area contributed by atoms with Crippen molar-refractivity contribution in [2.75, 3.05) is 18.9 Å². The smallest absolute Gasteiger partial charge is 0.311 e. The van der Waals surface area contributed by atoms with Gasteiger partial charge in [0.25, 0.3) is 0 Å². The van der Waals surface area contributed by atoms with Crippen molar-refractivity contribution in [1.82, 2.24) is 9.97 Å². The molecule has 0 radical (unpaired) electrons. The van der Waals surface area contributed by atoms with E-state index in [1.165, 1.54) is 0 Å². The van der Waals surface area contributed by atoms with Crippen molar-refractivity contribution >= 4 is 11.8 Å². The summed E-state index contributed by atoms with van der Waals surface area (Å²) in [5.74, 6) is -0.304. The van der Waals surface area contributed by atoms with Crippen molar-refractivity contribution in [3.8, 4) is 0 Å². The summed E-state index contributed by atoms with van der Waals surface area (Å²) in [5, 5.41) is 8.67. The third kappa shape index (κ3) is 2.27. The highest BCUT2D eigenvalue weighted by Gasteiger charge is 2.16. The first-order valence-electron chi connectivity index (χ1n) is 5.10. The lowest BCUT2D eigenvalue weighted by Gasteiger charge is -2.08. The second-order valence-corrected chi connectivity index (χ2v) is 3.63. The van der Waals surface area contributed by atoms with Crippen LogP contribution in [0.3, 0.4) is 0 Å². The number of carboxylic acid groups (broad SMARTS) is 1. The molecule has 0 fully saturated rings. The Bertz CT molecular complexity index is 420. The van der Waals surface area contributed by atoms with Gasteiger partial charge in [0, 0.05) is 18.4 Å². The summed E-state index contributed by atoms with van der Waals surface area (Å²) in [4.78, 5) is 18.8. The molecule has 0 saturated heterocycles. The van der Waals surface area contributed by atoms with E-state index in [-0.39, 0.29) is 12.2 Å². The van der Waals surface area contributed by atoms with Crippen LogP contribution in [0.2, 0.25) is 0 Å². The van der Waals surface area contributed by atoms with Gasteiger partial charge in [0.2, 0.25) is 0 Å². The molecule has 0 saturated carbocycles. The van der Waals surface area contributed by atoms with Gasteiger partial charge >= 0.3 is 5.97 Å². The molecule has 0 bridgehead atoms. The average Bonchev–Trinajstić information content (AvgIpc) is 2.41. The first-order chi connectivity index (χ1) is 7.66. The van der Waals surface area contributed by atoms with Crippen molar-refractivity contribution in [3.63, 3.8) is 0 Å². The summed E-state index contributed by atoms with van der Waals surface area (Å²) in [7, 11) is 0. The molecule has 0 aliphatic carbocycles. The van der Waals surface area contributed by atoms with E-state index in [1.54, 1.807) is 0 Å². The van der Waals surface area contributed by atoms with Crippen LogP contribution in [0.25, 0.3) is 0 Å². The van der Waals surface area contributed by atoms with E-state index in [4.69, 9.17) is 15.6 Å². The molecule has 2 heterocycles. The normalized spacial score (nSPS) is 15.2. The lowest BCUT2D eigenvalue weighted by molar-refractivity contribution is -0.136. The maximum atomic E-state index is 10.6. The number of fused-ring (bicyclic) bond motifs is 1. The maximum Gasteiger partial charge on any atom is 0.311 e. The molecule has 6 nitrogen and oxygen atoms in total. The van der Waals surface area contributed by atoms with Crippen LogP contribution in [-0.4, -0.2) is 34.3 Å². The molecular formula is C10H13N3O3. The fourth-order valence-corrected chi connectivity index (χ4v) is 1.74. The van der Waals surface area contributed by atoms with Crippen LogP contribution in [0.4, 0.5) is 5.82 Å². The Morgan fingerprint density at radius 1 is 1.38 bits per heavy atom. The Kier molecular flexibility index (Phi) is 3.00. The first kappa shape index (κ1) is 10.8. The molecule has 2 rings (SSSR count). The predicted molar refractivity (Wildman–Crippen MR) is 56.0 cm³/mol. The highest BCUT2D eigenvalue weighted by atomic mass is 16.5. The van der Waals surface area contributed by atoms with Gasteiger partial charge in [-0.2, -0.15) is 0 Å². The fraction of sp³-hybridized carbons (Fsp3) is 0.500.